The number of carbonyl (C=O) groups excluding carboxylic acids is 2. The Labute approximate surface area is 161 Å². The Hall–Kier alpha value is -2.34. The maximum Gasteiger partial charge on any atom is 0.223 e. The first-order valence-electron chi connectivity index (χ1n) is 8.59. The Kier molecular flexibility index (Phi) is 5.93. The Morgan fingerprint density at radius 3 is 2.46 bits per heavy atom. The van der Waals surface area contributed by atoms with Gasteiger partial charge in [0.2, 0.25) is 12.3 Å². The maximum absolute atomic E-state index is 12.9. The second-order valence-corrected chi connectivity index (χ2v) is 7.31. The van der Waals surface area contributed by atoms with Crippen molar-refractivity contribution < 1.29 is 14.7 Å². The molecule has 1 saturated heterocycles. The van der Waals surface area contributed by atoms with Gasteiger partial charge in [0.1, 0.15) is 5.75 Å². The average molecular weight is 417 g/mol. The monoisotopic (exact) mass is 416 g/mol. The van der Waals surface area contributed by atoms with Gasteiger partial charge in [-0.1, -0.05) is 46.3 Å². The molecule has 1 fully saturated rings. The molecule has 1 heterocycles. The smallest absolute Gasteiger partial charge is 0.223 e. The van der Waals surface area contributed by atoms with Gasteiger partial charge in [0.15, 0.2) is 0 Å². The SMILES string of the molecule is O=CN1CCN(C(=O)C[C@H](c2ccccc2)c2cc(Br)ccc2O)CC1. The van der Waals surface area contributed by atoms with E-state index in [1.807, 2.05) is 36.4 Å². The van der Waals surface area contributed by atoms with Crippen molar-refractivity contribution in [3.05, 3.63) is 64.1 Å². The summed E-state index contributed by atoms with van der Waals surface area (Å²) < 4.78 is 0.860. The third kappa shape index (κ3) is 4.25. The predicted octanol–water partition coefficient (Wildman–Crippen LogP) is 2.98. The van der Waals surface area contributed by atoms with Gasteiger partial charge in [-0.05, 0) is 23.8 Å². The van der Waals surface area contributed by atoms with Crippen LogP contribution in [0, 0.1) is 0 Å². The number of phenolic OH excluding ortho intramolecular Hbond substituents is 1. The molecule has 0 spiro atoms. The molecule has 1 aliphatic rings. The van der Waals surface area contributed by atoms with Crippen molar-refractivity contribution >= 4 is 28.2 Å². The van der Waals surface area contributed by atoms with E-state index in [2.05, 4.69) is 15.9 Å². The molecule has 0 saturated carbocycles. The predicted molar refractivity (Wildman–Crippen MR) is 103 cm³/mol. The molecular weight excluding hydrogens is 396 g/mol. The summed E-state index contributed by atoms with van der Waals surface area (Å²) >= 11 is 3.45. The van der Waals surface area contributed by atoms with Crippen molar-refractivity contribution in [2.45, 2.75) is 12.3 Å². The highest BCUT2D eigenvalue weighted by Gasteiger charge is 2.26. The molecule has 0 radical (unpaired) electrons. The Balaban J connectivity index is 1.84. The molecule has 1 atom stereocenters. The van der Waals surface area contributed by atoms with Crippen molar-refractivity contribution in [1.29, 1.82) is 0 Å². The fourth-order valence-electron chi connectivity index (χ4n) is 3.28. The number of phenols is 1. The number of aromatic hydroxyl groups is 1. The molecule has 2 aromatic carbocycles. The fraction of sp³-hybridized carbons (Fsp3) is 0.300. The normalized spacial score (nSPS) is 15.6. The third-order valence-corrected chi connectivity index (χ3v) is 5.25. The number of hydrogen-bond donors (Lipinski definition) is 1. The van der Waals surface area contributed by atoms with Gasteiger partial charge in [-0.2, -0.15) is 0 Å². The van der Waals surface area contributed by atoms with Crippen molar-refractivity contribution in [2.75, 3.05) is 26.2 Å². The van der Waals surface area contributed by atoms with Crippen LogP contribution in [0.4, 0.5) is 0 Å². The molecule has 0 bridgehead atoms. The summed E-state index contributed by atoms with van der Waals surface area (Å²) in [5.74, 6) is -0.0188. The lowest BCUT2D eigenvalue weighted by molar-refractivity contribution is -0.135. The van der Waals surface area contributed by atoms with Gasteiger partial charge in [0.05, 0.1) is 0 Å². The molecule has 2 aromatic rings. The number of rotatable bonds is 5. The minimum atomic E-state index is -0.231. The van der Waals surface area contributed by atoms with Crippen LogP contribution in [0.3, 0.4) is 0 Å². The number of amides is 2. The molecule has 6 heteroatoms. The molecule has 136 valence electrons. The van der Waals surface area contributed by atoms with E-state index < -0.39 is 0 Å². The molecule has 5 nitrogen and oxygen atoms in total. The van der Waals surface area contributed by atoms with Gasteiger partial charge in [-0.25, -0.2) is 0 Å². The number of halogens is 1. The molecular formula is C20H21BrN2O3. The lowest BCUT2D eigenvalue weighted by Crippen LogP contribution is -2.48. The topological polar surface area (TPSA) is 60.9 Å². The first-order valence-corrected chi connectivity index (χ1v) is 9.38. The van der Waals surface area contributed by atoms with Gasteiger partial charge >= 0.3 is 0 Å². The van der Waals surface area contributed by atoms with E-state index in [0.29, 0.717) is 26.2 Å². The molecule has 1 aliphatic heterocycles. The van der Waals surface area contributed by atoms with Crippen LogP contribution in [-0.2, 0) is 9.59 Å². The Morgan fingerprint density at radius 1 is 1.12 bits per heavy atom. The van der Waals surface area contributed by atoms with Crippen LogP contribution in [0.5, 0.6) is 5.75 Å². The second kappa shape index (κ2) is 8.36. The molecule has 0 aromatic heterocycles. The van der Waals surface area contributed by atoms with E-state index in [1.54, 1.807) is 21.9 Å². The van der Waals surface area contributed by atoms with Crippen LogP contribution in [0.2, 0.25) is 0 Å². The molecule has 0 unspecified atom stereocenters. The van der Waals surface area contributed by atoms with E-state index in [1.165, 1.54) is 0 Å². The summed E-state index contributed by atoms with van der Waals surface area (Å²) in [6.07, 6.45) is 1.10. The summed E-state index contributed by atoms with van der Waals surface area (Å²) in [5.41, 5.74) is 1.71. The van der Waals surface area contributed by atoms with E-state index >= 15 is 0 Å². The lowest BCUT2D eigenvalue weighted by atomic mass is 9.87. The van der Waals surface area contributed by atoms with Crippen molar-refractivity contribution in [3.63, 3.8) is 0 Å². The van der Waals surface area contributed by atoms with Crippen LogP contribution in [0.25, 0.3) is 0 Å². The maximum atomic E-state index is 12.9. The van der Waals surface area contributed by atoms with Gasteiger partial charge < -0.3 is 14.9 Å². The second-order valence-electron chi connectivity index (χ2n) is 6.39. The van der Waals surface area contributed by atoms with E-state index in [-0.39, 0.29) is 24.0 Å². The molecule has 26 heavy (non-hydrogen) atoms. The first-order chi connectivity index (χ1) is 12.6. The molecule has 2 amide bonds. The number of carbonyl (C=O) groups is 2. The van der Waals surface area contributed by atoms with E-state index in [9.17, 15) is 14.7 Å². The standard InChI is InChI=1S/C20H21BrN2O3/c21-16-6-7-19(25)18(12-16)17(15-4-2-1-3-5-15)13-20(26)23-10-8-22(14-24)9-11-23/h1-7,12,14,17,25H,8-11,13H2/t17-/m1/s1. The van der Waals surface area contributed by atoms with E-state index in [0.717, 1.165) is 22.0 Å². The highest BCUT2D eigenvalue weighted by atomic mass is 79.9. The average Bonchev–Trinajstić information content (AvgIpc) is 2.68. The zero-order valence-corrected chi connectivity index (χ0v) is 15.9. The summed E-state index contributed by atoms with van der Waals surface area (Å²) in [6, 6.07) is 15.0. The minimum absolute atomic E-state index is 0.0313. The van der Waals surface area contributed by atoms with Gasteiger partial charge in [0, 0.05) is 48.6 Å². The summed E-state index contributed by atoms with van der Waals surface area (Å²) in [5, 5.41) is 10.4. The summed E-state index contributed by atoms with van der Waals surface area (Å²) in [7, 11) is 0. The van der Waals surface area contributed by atoms with Gasteiger partial charge in [-0.3, -0.25) is 9.59 Å². The Bertz CT molecular complexity index is 774. The molecule has 3 rings (SSSR count). The molecule has 0 aliphatic carbocycles. The number of benzene rings is 2. The Morgan fingerprint density at radius 2 is 1.81 bits per heavy atom. The fourth-order valence-corrected chi connectivity index (χ4v) is 3.66. The van der Waals surface area contributed by atoms with Crippen LogP contribution in [0.1, 0.15) is 23.5 Å². The van der Waals surface area contributed by atoms with Crippen LogP contribution < -0.4 is 0 Å². The highest BCUT2D eigenvalue weighted by molar-refractivity contribution is 9.10. The quantitative estimate of drug-likeness (QED) is 0.762. The van der Waals surface area contributed by atoms with Crippen molar-refractivity contribution in [3.8, 4) is 5.75 Å². The minimum Gasteiger partial charge on any atom is -0.508 e. The van der Waals surface area contributed by atoms with E-state index in [4.69, 9.17) is 0 Å². The number of hydrogen-bond acceptors (Lipinski definition) is 3. The highest BCUT2D eigenvalue weighted by Crippen LogP contribution is 2.36. The third-order valence-electron chi connectivity index (χ3n) is 4.76. The summed E-state index contributed by atoms with van der Waals surface area (Å²) in [4.78, 5) is 27.2. The molecule has 1 N–H and O–H groups in total. The van der Waals surface area contributed by atoms with Gasteiger partial charge in [-0.15, -0.1) is 0 Å². The number of piperazine rings is 1. The summed E-state index contributed by atoms with van der Waals surface area (Å²) in [6.45, 7) is 2.22. The largest absolute Gasteiger partial charge is 0.508 e. The van der Waals surface area contributed by atoms with Crippen molar-refractivity contribution in [2.24, 2.45) is 0 Å². The van der Waals surface area contributed by atoms with Crippen molar-refractivity contribution in [1.82, 2.24) is 9.80 Å². The van der Waals surface area contributed by atoms with Gasteiger partial charge in [0.25, 0.3) is 0 Å². The van der Waals surface area contributed by atoms with Crippen LogP contribution in [-0.4, -0.2) is 53.4 Å². The first kappa shape index (κ1) is 18.5. The van der Waals surface area contributed by atoms with Crippen LogP contribution >= 0.6 is 15.9 Å². The zero-order chi connectivity index (χ0) is 18.5. The lowest BCUT2D eigenvalue weighted by Gasteiger charge is -2.33. The number of nitrogens with zero attached hydrogens (tertiary/aromatic N) is 2. The zero-order valence-electron chi connectivity index (χ0n) is 14.3. The van der Waals surface area contributed by atoms with Crippen LogP contribution in [0.15, 0.2) is 53.0 Å².